The molecular weight excluding hydrogens is 245 g/mol. The van der Waals surface area contributed by atoms with Crippen molar-refractivity contribution in [2.45, 2.75) is 6.92 Å². The third kappa shape index (κ3) is 2.78. The van der Waals surface area contributed by atoms with Gasteiger partial charge in [0.15, 0.2) is 0 Å². The minimum Gasteiger partial charge on any atom is -0.496 e. The maximum absolute atomic E-state index is 12.5. The van der Waals surface area contributed by atoms with Gasteiger partial charge in [-0.15, -0.1) is 0 Å². The number of rotatable bonds is 4. The number of alkyl halides is 1. The smallest absolute Gasteiger partial charge is 0.228 e. The van der Waals surface area contributed by atoms with E-state index in [-0.39, 0.29) is 0 Å². The fourth-order valence-electron chi connectivity index (χ4n) is 1.96. The Hall–Kier alpha value is -2.23. The summed E-state index contributed by atoms with van der Waals surface area (Å²) in [5.74, 6) is 1.12. The zero-order valence-corrected chi connectivity index (χ0v) is 10.9. The fraction of sp³-hybridized carbons (Fsp3) is 0.200. The highest BCUT2D eigenvalue weighted by Crippen LogP contribution is 2.37. The van der Waals surface area contributed by atoms with Crippen LogP contribution in [0.25, 0.3) is 11.1 Å². The lowest BCUT2D eigenvalue weighted by atomic mass is 10.0. The van der Waals surface area contributed by atoms with Crippen molar-refractivity contribution in [3.8, 4) is 22.6 Å². The average Bonchev–Trinajstić information content (AvgIpc) is 2.40. The predicted octanol–water partition coefficient (Wildman–Crippen LogP) is 3.56. The Kier molecular flexibility index (Phi) is 3.90. The molecule has 0 bridgehead atoms. The zero-order valence-electron chi connectivity index (χ0n) is 10.9. The zero-order chi connectivity index (χ0) is 13.8. The second kappa shape index (κ2) is 5.61. The lowest BCUT2D eigenvalue weighted by Gasteiger charge is -2.14. The van der Waals surface area contributed by atoms with Crippen LogP contribution in [-0.2, 0) is 0 Å². The fourth-order valence-corrected chi connectivity index (χ4v) is 1.96. The van der Waals surface area contributed by atoms with E-state index in [9.17, 15) is 4.39 Å². The van der Waals surface area contributed by atoms with Crippen molar-refractivity contribution >= 4 is 5.69 Å². The van der Waals surface area contributed by atoms with Crippen molar-refractivity contribution in [2.24, 2.45) is 0 Å². The molecule has 3 nitrogen and oxygen atoms in total. The first-order valence-corrected chi connectivity index (χ1v) is 5.89. The van der Waals surface area contributed by atoms with E-state index in [4.69, 9.17) is 15.2 Å². The van der Waals surface area contributed by atoms with E-state index in [0.29, 0.717) is 17.2 Å². The number of nitrogen functional groups attached to an aromatic ring is 1. The molecule has 0 radical (unpaired) electrons. The van der Waals surface area contributed by atoms with Gasteiger partial charge in [-0.2, -0.15) is 0 Å². The van der Waals surface area contributed by atoms with Crippen LogP contribution < -0.4 is 15.2 Å². The minimum atomic E-state index is -0.898. The van der Waals surface area contributed by atoms with Crippen LogP contribution in [0.15, 0.2) is 36.4 Å². The van der Waals surface area contributed by atoms with Gasteiger partial charge in [0.25, 0.3) is 0 Å². The summed E-state index contributed by atoms with van der Waals surface area (Å²) in [6.07, 6.45) is 0. The standard InChI is InChI=1S/C15H16FNO2/c1-10-3-5-12(14(7-10)18-2)13-6-4-11(17)8-15(13)19-9-16/h3-8H,9,17H2,1-2H3. The quantitative estimate of drug-likeness (QED) is 0.856. The van der Waals surface area contributed by atoms with E-state index in [0.717, 1.165) is 16.7 Å². The van der Waals surface area contributed by atoms with Crippen LogP contribution in [0.5, 0.6) is 11.5 Å². The second-order valence-electron chi connectivity index (χ2n) is 4.21. The summed E-state index contributed by atoms with van der Waals surface area (Å²) < 4.78 is 22.8. The molecule has 2 aromatic carbocycles. The van der Waals surface area contributed by atoms with Gasteiger partial charge >= 0.3 is 0 Å². The Morgan fingerprint density at radius 2 is 1.74 bits per heavy atom. The van der Waals surface area contributed by atoms with Crippen molar-refractivity contribution in [1.82, 2.24) is 0 Å². The Bertz CT molecular complexity index is 584. The number of hydrogen-bond donors (Lipinski definition) is 1. The van der Waals surface area contributed by atoms with Crippen LogP contribution in [0.1, 0.15) is 5.56 Å². The van der Waals surface area contributed by atoms with Gasteiger partial charge in [-0.1, -0.05) is 12.1 Å². The summed E-state index contributed by atoms with van der Waals surface area (Å²) in [5, 5.41) is 0. The second-order valence-corrected chi connectivity index (χ2v) is 4.21. The van der Waals surface area contributed by atoms with Crippen molar-refractivity contribution in [1.29, 1.82) is 0 Å². The van der Waals surface area contributed by atoms with Gasteiger partial charge in [-0.3, -0.25) is 0 Å². The third-order valence-corrected chi connectivity index (χ3v) is 2.86. The molecule has 100 valence electrons. The number of ether oxygens (including phenoxy) is 2. The van der Waals surface area contributed by atoms with E-state index in [1.54, 1.807) is 25.3 Å². The van der Waals surface area contributed by atoms with Gasteiger partial charge in [0, 0.05) is 22.9 Å². The highest BCUT2D eigenvalue weighted by Gasteiger charge is 2.12. The Labute approximate surface area is 111 Å². The van der Waals surface area contributed by atoms with Crippen LogP contribution in [0.4, 0.5) is 10.1 Å². The molecule has 4 heteroatoms. The number of anilines is 1. The monoisotopic (exact) mass is 261 g/mol. The van der Waals surface area contributed by atoms with E-state index in [1.807, 2.05) is 25.1 Å². The molecule has 0 saturated carbocycles. The number of benzene rings is 2. The van der Waals surface area contributed by atoms with Crippen LogP contribution in [0.3, 0.4) is 0 Å². The first-order chi connectivity index (χ1) is 9.15. The number of halogens is 1. The summed E-state index contributed by atoms with van der Waals surface area (Å²) in [6.45, 7) is 1.08. The molecule has 0 aliphatic carbocycles. The first kappa shape index (κ1) is 13.2. The molecule has 0 aliphatic heterocycles. The SMILES string of the molecule is COc1cc(C)ccc1-c1ccc(N)cc1OCF. The highest BCUT2D eigenvalue weighted by molar-refractivity contribution is 5.77. The van der Waals surface area contributed by atoms with E-state index in [2.05, 4.69) is 0 Å². The molecule has 0 aliphatic rings. The largest absolute Gasteiger partial charge is 0.496 e. The summed E-state index contributed by atoms with van der Waals surface area (Å²) >= 11 is 0. The predicted molar refractivity (Wildman–Crippen MR) is 74.2 cm³/mol. The summed E-state index contributed by atoms with van der Waals surface area (Å²) in [4.78, 5) is 0. The van der Waals surface area contributed by atoms with Crippen molar-refractivity contribution < 1.29 is 13.9 Å². The van der Waals surface area contributed by atoms with Gasteiger partial charge in [-0.05, 0) is 30.7 Å². The van der Waals surface area contributed by atoms with Gasteiger partial charge in [0.1, 0.15) is 11.5 Å². The summed E-state index contributed by atoms with van der Waals surface area (Å²) in [5.41, 5.74) is 8.91. The van der Waals surface area contributed by atoms with Crippen LogP contribution >= 0.6 is 0 Å². The van der Waals surface area contributed by atoms with Crippen LogP contribution in [-0.4, -0.2) is 14.0 Å². The number of hydrogen-bond acceptors (Lipinski definition) is 3. The van der Waals surface area contributed by atoms with Gasteiger partial charge < -0.3 is 15.2 Å². The van der Waals surface area contributed by atoms with Crippen LogP contribution in [0, 0.1) is 6.92 Å². The molecular formula is C15H16FNO2. The van der Waals surface area contributed by atoms with Gasteiger partial charge in [0.2, 0.25) is 6.86 Å². The Morgan fingerprint density at radius 3 is 2.42 bits per heavy atom. The maximum atomic E-state index is 12.5. The van der Waals surface area contributed by atoms with Crippen LogP contribution in [0.2, 0.25) is 0 Å². The minimum absolute atomic E-state index is 0.407. The number of aryl methyl sites for hydroxylation is 1. The molecule has 19 heavy (non-hydrogen) atoms. The molecule has 0 heterocycles. The average molecular weight is 261 g/mol. The van der Waals surface area contributed by atoms with E-state index >= 15 is 0 Å². The number of nitrogens with two attached hydrogens (primary N) is 1. The summed E-state index contributed by atoms with van der Waals surface area (Å²) in [6, 6.07) is 11.0. The molecule has 2 aromatic rings. The lowest BCUT2D eigenvalue weighted by molar-refractivity contribution is 0.192. The molecule has 0 spiro atoms. The molecule has 0 aromatic heterocycles. The Balaban J connectivity index is 2.57. The third-order valence-electron chi connectivity index (χ3n) is 2.86. The molecule has 0 amide bonds. The molecule has 2 N–H and O–H groups in total. The summed E-state index contributed by atoms with van der Waals surface area (Å²) in [7, 11) is 1.60. The van der Waals surface area contributed by atoms with Gasteiger partial charge in [-0.25, -0.2) is 4.39 Å². The highest BCUT2D eigenvalue weighted by atomic mass is 19.1. The molecule has 0 atom stereocenters. The van der Waals surface area contributed by atoms with Crippen molar-refractivity contribution in [3.63, 3.8) is 0 Å². The molecule has 0 fully saturated rings. The Morgan fingerprint density at radius 1 is 1.05 bits per heavy atom. The van der Waals surface area contributed by atoms with E-state index < -0.39 is 6.86 Å². The first-order valence-electron chi connectivity index (χ1n) is 5.89. The molecule has 0 saturated heterocycles. The molecule has 2 rings (SSSR count). The lowest BCUT2D eigenvalue weighted by Crippen LogP contribution is -1.96. The maximum Gasteiger partial charge on any atom is 0.228 e. The van der Waals surface area contributed by atoms with Gasteiger partial charge in [0.05, 0.1) is 7.11 Å². The normalized spacial score (nSPS) is 10.3. The topological polar surface area (TPSA) is 44.5 Å². The molecule has 0 unspecified atom stereocenters. The van der Waals surface area contributed by atoms with Crippen molar-refractivity contribution in [3.05, 3.63) is 42.0 Å². The van der Waals surface area contributed by atoms with Crippen molar-refractivity contribution in [2.75, 3.05) is 19.7 Å². The van der Waals surface area contributed by atoms with E-state index in [1.165, 1.54) is 0 Å². The number of methoxy groups -OCH3 is 1.